The maximum Gasteiger partial charge on any atom is 0.235 e. The Morgan fingerprint density at radius 1 is 1.38 bits per heavy atom. The number of benzene rings is 1. The van der Waals surface area contributed by atoms with Crippen LogP contribution < -0.4 is 10.5 Å². The molecule has 21 heavy (non-hydrogen) atoms. The summed E-state index contributed by atoms with van der Waals surface area (Å²) in [5.74, 6) is 0.753. The fraction of sp³-hybridized carbons (Fsp3) is 0.500. The number of carbonyl (C=O) groups is 1. The lowest BCUT2D eigenvalue weighted by molar-refractivity contribution is -0.137. The lowest BCUT2D eigenvalue weighted by atomic mass is 9.80. The Kier molecular flexibility index (Phi) is 6.15. The number of hydrogen-bond acceptors (Lipinski definition) is 3. The number of carbonyl (C=O) groups excluding carboxylic acids is 1. The topological polar surface area (TPSA) is 55.6 Å². The van der Waals surface area contributed by atoms with E-state index in [1.54, 1.807) is 19.1 Å². The van der Waals surface area contributed by atoms with E-state index in [0.29, 0.717) is 19.4 Å². The first kappa shape index (κ1) is 17.4. The Morgan fingerprint density at radius 2 is 2.00 bits per heavy atom. The quantitative estimate of drug-likeness (QED) is 0.787. The predicted molar refractivity (Wildman–Crippen MR) is 89.3 cm³/mol. The van der Waals surface area contributed by atoms with Crippen LogP contribution in [0.5, 0.6) is 5.75 Å². The maximum absolute atomic E-state index is 12.8. The highest BCUT2D eigenvalue weighted by molar-refractivity contribution is 7.80. The number of ether oxygens (including phenoxy) is 1. The molecule has 1 aromatic carbocycles. The molecule has 1 aromatic rings. The van der Waals surface area contributed by atoms with E-state index in [4.69, 9.17) is 22.7 Å². The zero-order valence-electron chi connectivity index (χ0n) is 13.2. The zero-order chi connectivity index (χ0) is 16.0. The van der Waals surface area contributed by atoms with Gasteiger partial charge in [-0.1, -0.05) is 38.2 Å². The molecule has 0 fully saturated rings. The standard InChI is InChI=1S/C16H24N2O2S/c1-5-16(6-2,14(17)21)15(19)18(3)11-12-8-7-9-13(10-12)20-4/h7-10H,5-6,11H2,1-4H3,(H2,17,21). The molecule has 1 amide bonds. The van der Waals surface area contributed by atoms with Crippen molar-refractivity contribution >= 4 is 23.1 Å². The summed E-state index contributed by atoms with van der Waals surface area (Å²) >= 11 is 5.14. The molecule has 0 aliphatic carbocycles. The minimum Gasteiger partial charge on any atom is -0.497 e. The molecular formula is C16H24N2O2S. The zero-order valence-corrected chi connectivity index (χ0v) is 14.0. The van der Waals surface area contributed by atoms with Crippen molar-refractivity contribution in [3.05, 3.63) is 29.8 Å². The number of amides is 1. The third-order valence-corrected chi connectivity index (χ3v) is 4.38. The van der Waals surface area contributed by atoms with Crippen LogP contribution in [0.2, 0.25) is 0 Å². The summed E-state index contributed by atoms with van der Waals surface area (Å²) in [6.45, 7) is 4.39. The van der Waals surface area contributed by atoms with Gasteiger partial charge in [-0.3, -0.25) is 4.79 Å². The molecule has 0 aromatic heterocycles. The van der Waals surface area contributed by atoms with E-state index >= 15 is 0 Å². The fourth-order valence-electron chi connectivity index (χ4n) is 2.49. The van der Waals surface area contributed by atoms with Crippen LogP contribution in [0.25, 0.3) is 0 Å². The number of nitrogens with zero attached hydrogens (tertiary/aromatic N) is 1. The van der Waals surface area contributed by atoms with Crippen molar-refractivity contribution in [1.29, 1.82) is 0 Å². The lowest BCUT2D eigenvalue weighted by Gasteiger charge is -2.33. The molecule has 1 rings (SSSR count). The molecule has 2 N–H and O–H groups in total. The molecule has 4 nitrogen and oxygen atoms in total. The molecule has 0 aliphatic heterocycles. The third-order valence-electron chi connectivity index (χ3n) is 3.99. The first-order valence-corrected chi connectivity index (χ1v) is 7.50. The monoisotopic (exact) mass is 308 g/mol. The second kappa shape index (κ2) is 7.41. The maximum atomic E-state index is 12.8. The first-order valence-electron chi connectivity index (χ1n) is 7.09. The second-order valence-corrected chi connectivity index (χ2v) is 5.61. The number of rotatable bonds is 7. The van der Waals surface area contributed by atoms with Crippen molar-refractivity contribution in [2.24, 2.45) is 11.1 Å². The summed E-state index contributed by atoms with van der Waals surface area (Å²) in [6.07, 6.45) is 1.22. The van der Waals surface area contributed by atoms with Gasteiger partial charge in [0.25, 0.3) is 0 Å². The van der Waals surface area contributed by atoms with Crippen LogP contribution in [0, 0.1) is 5.41 Å². The van der Waals surface area contributed by atoms with Gasteiger partial charge >= 0.3 is 0 Å². The van der Waals surface area contributed by atoms with Gasteiger partial charge in [-0.2, -0.15) is 0 Å². The highest BCUT2D eigenvalue weighted by atomic mass is 32.1. The van der Waals surface area contributed by atoms with Crippen LogP contribution in [0.4, 0.5) is 0 Å². The molecular weight excluding hydrogens is 284 g/mol. The minimum absolute atomic E-state index is 0.0252. The summed E-state index contributed by atoms with van der Waals surface area (Å²) in [5, 5.41) is 0. The third kappa shape index (κ3) is 3.73. The van der Waals surface area contributed by atoms with Crippen LogP contribution in [-0.4, -0.2) is 30.0 Å². The average Bonchev–Trinajstić information content (AvgIpc) is 2.48. The van der Waals surface area contributed by atoms with Crippen molar-refractivity contribution in [3.63, 3.8) is 0 Å². The molecule has 5 heteroatoms. The van der Waals surface area contributed by atoms with Crippen molar-refractivity contribution in [2.75, 3.05) is 14.2 Å². The van der Waals surface area contributed by atoms with Crippen LogP contribution in [0.3, 0.4) is 0 Å². The number of thiocarbonyl (C=S) groups is 1. The van der Waals surface area contributed by atoms with Gasteiger partial charge in [0.05, 0.1) is 17.5 Å². The van der Waals surface area contributed by atoms with Gasteiger partial charge < -0.3 is 15.4 Å². The van der Waals surface area contributed by atoms with E-state index in [-0.39, 0.29) is 10.9 Å². The van der Waals surface area contributed by atoms with Crippen LogP contribution >= 0.6 is 12.2 Å². The first-order chi connectivity index (χ1) is 9.91. The summed E-state index contributed by atoms with van der Waals surface area (Å²) in [7, 11) is 3.40. The molecule has 116 valence electrons. The molecule has 0 aliphatic rings. The van der Waals surface area contributed by atoms with E-state index < -0.39 is 5.41 Å². The molecule has 0 heterocycles. The number of nitrogens with two attached hydrogens (primary N) is 1. The molecule has 0 spiro atoms. The lowest BCUT2D eigenvalue weighted by Crippen LogP contribution is -2.48. The molecule has 0 atom stereocenters. The Hall–Kier alpha value is -1.62. The van der Waals surface area contributed by atoms with Crippen LogP contribution in [0.1, 0.15) is 32.3 Å². The van der Waals surface area contributed by atoms with Gasteiger partial charge in [-0.05, 0) is 30.5 Å². The van der Waals surface area contributed by atoms with Crippen molar-refractivity contribution in [2.45, 2.75) is 33.2 Å². The Labute approximate surface area is 132 Å². The average molecular weight is 308 g/mol. The highest BCUT2D eigenvalue weighted by Crippen LogP contribution is 2.30. The van der Waals surface area contributed by atoms with Gasteiger partial charge in [0.15, 0.2) is 0 Å². The van der Waals surface area contributed by atoms with Gasteiger partial charge in [-0.25, -0.2) is 0 Å². The van der Waals surface area contributed by atoms with E-state index in [0.717, 1.165) is 11.3 Å². The molecule has 0 saturated carbocycles. The summed E-state index contributed by atoms with van der Waals surface area (Å²) in [5.41, 5.74) is 6.10. The molecule has 0 radical (unpaired) electrons. The van der Waals surface area contributed by atoms with E-state index in [1.165, 1.54) is 0 Å². The minimum atomic E-state index is -0.747. The fourth-order valence-corrected chi connectivity index (χ4v) is 2.86. The molecule has 0 unspecified atom stereocenters. The van der Waals surface area contributed by atoms with Gasteiger partial charge in [-0.15, -0.1) is 0 Å². The Balaban J connectivity index is 2.93. The normalized spacial score (nSPS) is 11.0. The smallest absolute Gasteiger partial charge is 0.235 e. The number of hydrogen-bond donors (Lipinski definition) is 1. The van der Waals surface area contributed by atoms with Gasteiger partial charge in [0, 0.05) is 13.6 Å². The van der Waals surface area contributed by atoms with Crippen molar-refractivity contribution in [3.8, 4) is 5.75 Å². The van der Waals surface area contributed by atoms with Crippen molar-refractivity contribution in [1.82, 2.24) is 4.90 Å². The second-order valence-electron chi connectivity index (χ2n) is 5.17. The Morgan fingerprint density at radius 3 is 2.48 bits per heavy atom. The summed E-state index contributed by atoms with van der Waals surface area (Å²) < 4.78 is 5.20. The SMILES string of the molecule is CCC(CC)(C(=O)N(C)Cc1cccc(OC)c1)C(N)=S. The van der Waals surface area contributed by atoms with Crippen LogP contribution in [0.15, 0.2) is 24.3 Å². The van der Waals surface area contributed by atoms with Crippen molar-refractivity contribution < 1.29 is 9.53 Å². The highest BCUT2D eigenvalue weighted by Gasteiger charge is 2.39. The number of methoxy groups -OCH3 is 1. The molecule has 0 saturated heterocycles. The van der Waals surface area contributed by atoms with Gasteiger partial charge in [0.1, 0.15) is 5.75 Å². The van der Waals surface area contributed by atoms with E-state index in [9.17, 15) is 4.79 Å². The largest absolute Gasteiger partial charge is 0.497 e. The van der Waals surface area contributed by atoms with Crippen LogP contribution in [-0.2, 0) is 11.3 Å². The van der Waals surface area contributed by atoms with E-state index in [1.807, 2.05) is 38.1 Å². The van der Waals surface area contributed by atoms with E-state index in [2.05, 4.69) is 0 Å². The Bertz CT molecular complexity index is 513. The molecule has 0 bridgehead atoms. The van der Waals surface area contributed by atoms with Gasteiger partial charge in [0.2, 0.25) is 5.91 Å². The summed E-state index contributed by atoms with van der Waals surface area (Å²) in [4.78, 5) is 14.7. The predicted octanol–water partition coefficient (Wildman–Crippen LogP) is 2.75. The summed E-state index contributed by atoms with van der Waals surface area (Å²) in [6, 6.07) is 7.67.